The van der Waals surface area contributed by atoms with Gasteiger partial charge in [-0.05, 0) is 41.5 Å². The summed E-state index contributed by atoms with van der Waals surface area (Å²) in [5, 5.41) is 0. The van der Waals surface area contributed by atoms with Crippen LogP contribution in [0, 0.1) is 11.8 Å². The number of benzene rings is 2. The largest absolute Gasteiger partial charge is 0.461 e. The van der Waals surface area contributed by atoms with E-state index < -0.39 is 17.9 Å². The van der Waals surface area contributed by atoms with Crippen LogP contribution in [-0.2, 0) is 9.59 Å². The topological polar surface area (TPSA) is 70.8 Å². The van der Waals surface area contributed by atoms with E-state index in [2.05, 4.69) is 0 Å². The Morgan fingerprint density at radius 2 is 1.58 bits per heavy atom. The van der Waals surface area contributed by atoms with Crippen molar-refractivity contribution >= 4 is 29.4 Å². The number of nitrogens with zero attached hydrogens (tertiary/aromatic N) is 2. The number of rotatable bonds is 3. The van der Waals surface area contributed by atoms with Gasteiger partial charge in [-0.25, -0.2) is 4.90 Å². The molecule has 6 nitrogen and oxygen atoms in total. The van der Waals surface area contributed by atoms with Crippen LogP contribution in [0.25, 0.3) is 6.08 Å². The number of carbonyl (C=O) groups is 3. The predicted molar refractivity (Wildman–Crippen MR) is 113 cm³/mol. The van der Waals surface area contributed by atoms with E-state index in [1.54, 1.807) is 36.4 Å². The number of hydrogen-bond acceptors (Lipinski definition) is 5. The lowest BCUT2D eigenvalue weighted by molar-refractivity contribution is -0.123. The van der Waals surface area contributed by atoms with Crippen molar-refractivity contribution in [3.63, 3.8) is 0 Å². The van der Waals surface area contributed by atoms with Crippen molar-refractivity contribution in [1.82, 2.24) is 4.90 Å². The number of fused-ring (bicyclic) bond motifs is 5. The average Bonchev–Trinajstić information content (AvgIpc) is 3.50. The summed E-state index contributed by atoms with van der Waals surface area (Å²) in [5.74, 6) is -2.14. The summed E-state index contributed by atoms with van der Waals surface area (Å²) < 4.78 is 5.37. The highest BCUT2D eigenvalue weighted by atomic mass is 16.3. The summed E-state index contributed by atoms with van der Waals surface area (Å²) in [6.45, 7) is 0. The fourth-order valence-electron chi connectivity index (χ4n) is 5.25. The Morgan fingerprint density at radius 1 is 0.839 bits per heavy atom. The highest BCUT2D eigenvalue weighted by Crippen LogP contribution is 2.53. The Labute approximate surface area is 178 Å². The molecule has 6 heteroatoms. The zero-order chi connectivity index (χ0) is 21.1. The van der Waals surface area contributed by atoms with E-state index in [0.29, 0.717) is 5.69 Å². The van der Waals surface area contributed by atoms with E-state index in [0.717, 1.165) is 11.1 Å². The maximum atomic E-state index is 13.6. The van der Waals surface area contributed by atoms with E-state index >= 15 is 0 Å². The van der Waals surface area contributed by atoms with E-state index in [-0.39, 0.29) is 29.4 Å². The summed E-state index contributed by atoms with van der Waals surface area (Å²) in [7, 11) is 0. The lowest BCUT2D eigenvalue weighted by atomic mass is 9.84. The van der Waals surface area contributed by atoms with E-state index in [1.165, 1.54) is 11.2 Å². The van der Waals surface area contributed by atoms with E-state index in [9.17, 15) is 14.4 Å². The number of para-hydroxylation sites is 1. The van der Waals surface area contributed by atoms with Gasteiger partial charge in [-0.2, -0.15) is 0 Å². The van der Waals surface area contributed by atoms with Crippen LogP contribution in [0.2, 0.25) is 0 Å². The molecule has 0 saturated carbocycles. The molecule has 2 aromatic carbocycles. The molecule has 0 spiro atoms. The molecule has 2 fully saturated rings. The molecular weight excluding hydrogens is 392 g/mol. The van der Waals surface area contributed by atoms with Gasteiger partial charge in [-0.1, -0.05) is 42.5 Å². The maximum absolute atomic E-state index is 13.6. The summed E-state index contributed by atoms with van der Waals surface area (Å²) >= 11 is 0. The molecule has 31 heavy (non-hydrogen) atoms. The van der Waals surface area contributed by atoms with Crippen molar-refractivity contribution in [3.8, 4) is 0 Å². The Balaban J connectivity index is 1.52. The highest BCUT2D eigenvalue weighted by molar-refractivity contribution is 6.24. The van der Waals surface area contributed by atoms with Crippen LogP contribution in [0.15, 0.2) is 83.6 Å². The molecule has 0 aliphatic carbocycles. The predicted octanol–water partition coefficient (Wildman–Crippen LogP) is 3.68. The molecular formula is C25H18N2O4. The molecule has 2 saturated heterocycles. The minimum Gasteiger partial charge on any atom is -0.461 e. The molecule has 2 amide bonds. The quantitative estimate of drug-likeness (QED) is 0.487. The van der Waals surface area contributed by atoms with Crippen LogP contribution >= 0.6 is 0 Å². The fraction of sp³-hybridized carbons (Fsp3) is 0.160. The third-order valence-corrected chi connectivity index (χ3v) is 6.51. The number of Topliss-reactive ketones (excluding diaryl/α,β-unsaturated/α-hetero) is 1. The second kappa shape index (κ2) is 6.54. The molecule has 0 radical (unpaired) electrons. The van der Waals surface area contributed by atoms with Crippen LogP contribution in [0.3, 0.4) is 0 Å². The second-order valence-electron chi connectivity index (χ2n) is 8.02. The minimum atomic E-state index is -0.809. The molecule has 0 bridgehead atoms. The van der Waals surface area contributed by atoms with Gasteiger partial charge < -0.3 is 9.32 Å². The van der Waals surface area contributed by atoms with Gasteiger partial charge in [0.25, 0.3) is 0 Å². The van der Waals surface area contributed by atoms with Gasteiger partial charge in [0, 0.05) is 6.20 Å². The Kier molecular flexibility index (Phi) is 3.77. The van der Waals surface area contributed by atoms with Gasteiger partial charge >= 0.3 is 0 Å². The summed E-state index contributed by atoms with van der Waals surface area (Å²) in [6, 6.07) is 18.8. The SMILES string of the molecule is O=C(c1ccco1)[C@@H]1[C@@H]2C(=O)N(c3ccccc3)C(=O)[C@@H]2[C@@H]2c3ccccc3C=CN12. The van der Waals surface area contributed by atoms with Crippen molar-refractivity contribution in [3.05, 3.63) is 96.1 Å². The molecule has 3 aliphatic rings. The zero-order valence-electron chi connectivity index (χ0n) is 16.4. The first-order valence-electron chi connectivity index (χ1n) is 10.2. The zero-order valence-corrected chi connectivity index (χ0v) is 16.4. The molecule has 0 N–H and O–H groups in total. The molecule has 3 aliphatic heterocycles. The summed E-state index contributed by atoms with van der Waals surface area (Å²) in [6.07, 6.45) is 5.21. The van der Waals surface area contributed by atoms with Crippen LogP contribution in [-0.4, -0.2) is 28.5 Å². The van der Waals surface area contributed by atoms with E-state index in [1.807, 2.05) is 47.5 Å². The number of carbonyl (C=O) groups excluding carboxylic acids is 3. The second-order valence-corrected chi connectivity index (χ2v) is 8.02. The smallest absolute Gasteiger partial charge is 0.240 e. The van der Waals surface area contributed by atoms with Crippen molar-refractivity contribution in [2.24, 2.45) is 11.8 Å². The first kappa shape index (κ1) is 17.9. The molecule has 4 atom stereocenters. The van der Waals surface area contributed by atoms with Crippen molar-refractivity contribution in [2.45, 2.75) is 12.1 Å². The van der Waals surface area contributed by atoms with Gasteiger partial charge in [-0.15, -0.1) is 0 Å². The average molecular weight is 410 g/mol. The van der Waals surface area contributed by atoms with Crippen LogP contribution < -0.4 is 4.90 Å². The Bertz CT molecular complexity index is 1230. The number of hydrogen-bond donors (Lipinski definition) is 0. The lowest BCUT2D eigenvalue weighted by Crippen LogP contribution is -2.44. The van der Waals surface area contributed by atoms with Crippen molar-refractivity contribution in [1.29, 1.82) is 0 Å². The van der Waals surface area contributed by atoms with Crippen molar-refractivity contribution in [2.75, 3.05) is 4.90 Å². The Morgan fingerprint density at radius 3 is 2.35 bits per heavy atom. The first-order valence-corrected chi connectivity index (χ1v) is 10.2. The van der Waals surface area contributed by atoms with Crippen LogP contribution in [0.1, 0.15) is 27.7 Å². The lowest BCUT2D eigenvalue weighted by Gasteiger charge is -2.35. The normalized spacial score (nSPS) is 26.1. The molecule has 6 rings (SSSR count). The molecule has 3 aromatic rings. The molecule has 4 heterocycles. The van der Waals surface area contributed by atoms with Gasteiger partial charge in [0.1, 0.15) is 6.04 Å². The third kappa shape index (κ3) is 2.42. The van der Waals surface area contributed by atoms with Crippen LogP contribution in [0.5, 0.6) is 0 Å². The first-order chi connectivity index (χ1) is 15.2. The third-order valence-electron chi connectivity index (χ3n) is 6.51. The fourth-order valence-corrected chi connectivity index (χ4v) is 5.25. The molecule has 1 aromatic heterocycles. The summed E-state index contributed by atoms with van der Waals surface area (Å²) in [4.78, 5) is 43.8. The van der Waals surface area contributed by atoms with Gasteiger partial charge in [0.05, 0.1) is 29.8 Å². The number of imide groups is 1. The monoisotopic (exact) mass is 410 g/mol. The number of furan rings is 1. The molecule has 0 unspecified atom stereocenters. The molecule has 152 valence electrons. The number of amides is 2. The standard InChI is InChI=1S/C25H18N2O4/c28-23(18-11-6-14-31-18)22-20-19(21-17-10-5-4-7-15(17)12-13-26(21)22)24(29)27(25(20)30)16-8-2-1-3-9-16/h1-14,19-22H/t19-,20+,21-,22-/m0/s1. The highest BCUT2D eigenvalue weighted by Gasteiger charge is 2.64. The Hall–Kier alpha value is -3.93. The maximum Gasteiger partial charge on any atom is 0.240 e. The number of anilines is 1. The van der Waals surface area contributed by atoms with E-state index in [4.69, 9.17) is 4.42 Å². The van der Waals surface area contributed by atoms with Gasteiger partial charge in [0.2, 0.25) is 17.6 Å². The van der Waals surface area contributed by atoms with Gasteiger partial charge in [-0.3, -0.25) is 14.4 Å². The van der Waals surface area contributed by atoms with Crippen molar-refractivity contribution < 1.29 is 18.8 Å². The van der Waals surface area contributed by atoms with Gasteiger partial charge in [0.15, 0.2) is 5.76 Å². The number of ketones is 1. The minimum absolute atomic E-state index is 0.190. The van der Waals surface area contributed by atoms with Crippen LogP contribution in [0.4, 0.5) is 5.69 Å². The summed E-state index contributed by atoms with van der Waals surface area (Å²) in [5.41, 5.74) is 2.47.